The topological polar surface area (TPSA) is 79.5 Å². The maximum atomic E-state index is 13.2. The molecule has 130 valence electrons. The lowest BCUT2D eigenvalue weighted by Crippen LogP contribution is -2.48. The van der Waals surface area contributed by atoms with Crippen molar-refractivity contribution in [2.24, 2.45) is 0 Å². The fraction of sp³-hybridized carbons (Fsp3) is 0.467. The number of piperazine rings is 1. The average Bonchev–Trinajstić information content (AvgIpc) is 3.04. The van der Waals surface area contributed by atoms with Crippen LogP contribution in [-0.2, 0) is 16.6 Å². The molecule has 0 bridgehead atoms. The summed E-state index contributed by atoms with van der Waals surface area (Å²) in [5, 5.41) is 3.92. The van der Waals surface area contributed by atoms with Crippen molar-refractivity contribution < 1.29 is 17.3 Å². The zero-order chi connectivity index (χ0) is 17.2. The first kappa shape index (κ1) is 17.0. The largest absolute Gasteiger partial charge is 0.334 e. The molecule has 2 aromatic rings. The van der Waals surface area contributed by atoms with E-state index < -0.39 is 10.0 Å². The summed E-state index contributed by atoms with van der Waals surface area (Å²) >= 11 is 0. The molecular formula is C15H19FN4O3S. The van der Waals surface area contributed by atoms with Crippen molar-refractivity contribution in [2.45, 2.75) is 13.5 Å². The van der Waals surface area contributed by atoms with Crippen LogP contribution < -0.4 is 0 Å². The summed E-state index contributed by atoms with van der Waals surface area (Å²) < 4.78 is 43.6. The van der Waals surface area contributed by atoms with Crippen molar-refractivity contribution in [3.8, 4) is 11.5 Å². The first-order valence-electron chi connectivity index (χ1n) is 7.76. The van der Waals surface area contributed by atoms with E-state index in [1.54, 1.807) is 19.1 Å². The van der Waals surface area contributed by atoms with Crippen LogP contribution in [-0.4, -0.2) is 59.7 Å². The van der Waals surface area contributed by atoms with Gasteiger partial charge in [-0.1, -0.05) is 11.2 Å². The van der Waals surface area contributed by atoms with Gasteiger partial charge in [0, 0.05) is 31.7 Å². The molecule has 1 aromatic carbocycles. The van der Waals surface area contributed by atoms with Crippen LogP contribution >= 0.6 is 0 Å². The minimum atomic E-state index is -3.13. The van der Waals surface area contributed by atoms with Crippen LogP contribution in [0.2, 0.25) is 0 Å². The van der Waals surface area contributed by atoms with Gasteiger partial charge in [-0.3, -0.25) is 4.90 Å². The fourth-order valence-corrected chi connectivity index (χ4v) is 3.69. The Labute approximate surface area is 140 Å². The number of nitrogens with zero attached hydrogens (tertiary/aromatic N) is 4. The van der Waals surface area contributed by atoms with Gasteiger partial charge in [0.1, 0.15) is 5.82 Å². The summed E-state index contributed by atoms with van der Waals surface area (Å²) in [6.07, 6.45) is 0. The zero-order valence-electron chi connectivity index (χ0n) is 13.4. The Hall–Kier alpha value is -1.84. The van der Waals surface area contributed by atoms with E-state index in [4.69, 9.17) is 4.52 Å². The van der Waals surface area contributed by atoms with Gasteiger partial charge in [-0.05, 0) is 25.1 Å². The van der Waals surface area contributed by atoms with E-state index in [1.165, 1.54) is 16.4 Å². The van der Waals surface area contributed by atoms with E-state index in [0.29, 0.717) is 44.1 Å². The number of hydrogen-bond acceptors (Lipinski definition) is 6. The molecule has 7 nitrogen and oxygen atoms in total. The highest BCUT2D eigenvalue weighted by Crippen LogP contribution is 2.18. The van der Waals surface area contributed by atoms with Gasteiger partial charge in [0.25, 0.3) is 5.89 Å². The molecule has 0 atom stereocenters. The quantitative estimate of drug-likeness (QED) is 0.806. The van der Waals surface area contributed by atoms with Crippen molar-refractivity contribution in [3.63, 3.8) is 0 Å². The van der Waals surface area contributed by atoms with Gasteiger partial charge in [0.15, 0.2) is 5.82 Å². The predicted octanol–water partition coefficient (Wildman–Crippen LogP) is 1.34. The number of rotatable bonds is 5. The van der Waals surface area contributed by atoms with E-state index in [2.05, 4.69) is 15.0 Å². The molecule has 0 spiro atoms. The molecule has 1 aliphatic rings. The summed E-state index contributed by atoms with van der Waals surface area (Å²) in [6, 6.07) is 5.98. The van der Waals surface area contributed by atoms with Crippen LogP contribution in [0.4, 0.5) is 4.39 Å². The molecule has 1 aromatic heterocycles. The van der Waals surface area contributed by atoms with Crippen LogP contribution in [0.25, 0.3) is 11.5 Å². The van der Waals surface area contributed by atoms with E-state index in [1.807, 2.05) is 0 Å². The number of aromatic nitrogens is 2. The highest BCUT2D eigenvalue weighted by molar-refractivity contribution is 7.89. The zero-order valence-corrected chi connectivity index (χ0v) is 14.2. The van der Waals surface area contributed by atoms with Crippen LogP contribution in [0.5, 0.6) is 0 Å². The molecule has 1 aliphatic heterocycles. The molecular weight excluding hydrogens is 335 g/mol. The molecule has 0 unspecified atom stereocenters. The van der Waals surface area contributed by atoms with Gasteiger partial charge < -0.3 is 4.52 Å². The smallest absolute Gasteiger partial charge is 0.258 e. The van der Waals surface area contributed by atoms with Crippen molar-refractivity contribution >= 4 is 10.0 Å². The summed E-state index contributed by atoms with van der Waals surface area (Å²) in [5.41, 5.74) is 0.535. The Bertz CT molecular complexity index is 801. The van der Waals surface area contributed by atoms with E-state index in [0.717, 1.165) is 0 Å². The van der Waals surface area contributed by atoms with Crippen molar-refractivity contribution in [1.82, 2.24) is 19.3 Å². The number of halogens is 1. The Morgan fingerprint density at radius 2 is 2.00 bits per heavy atom. The molecule has 2 heterocycles. The summed E-state index contributed by atoms with van der Waals surface area (Å²) in [4.78, 5) is 6.35. The number of hydrogen-bond donors (Lipinski definition) is 0. The fourth-order valence-electron chi connectivity index (χ4n) is 2.61. The highest BCUT2D eigenvalue weighted by atomic mass is 32.2. The summed E-state index contributed by atoms with van der Waals surface area (Å²) in [7, 11) is -3.13. The Balaban J connectivity index is 1.60. The molecule has 0 radical (unpaired) electrons. The number of sulfonamides is 1. The lowest BCUT2D eigenvalue weighted by atomic mass is 10.2. The van der Waals surface area contributed by atoms with Gasteiger partial charge in [-0.25, -0.2) is 12.8 Å². The molecule has 0 aliphatic carbocycles. The first-order chi connectivity index (χ1) is 11.5. The lowest BCUT2D eigenvalue weighted by molar-refractivity contribution is 0.176. The molecule has 3 rings (SSSR count). The third kappa shape index (κ3) is 3.80. The SMILES string of the molecule is CCS(=O)(=O)N1CCN(Cc2noc(-c3cccc(F)c3)n2)CC1. The van der Waals surface area contributed by atoms with Gasteiger partial charge in [-0.15, -0.1) is 0 Å². The minimum Gasteiger partial charge on any atom is -0.334 e. The maximum absolute atomic E-state index is 13.2. The second-order valence-corrected chi connectivity index (χ2v) is 7.86. The highest BCUT2D eigenvalue weighted by Gasteiger charge is 2.26. The Morgan fingerprint density at radius 3 is 2.67 bits per heavy atom. The van der Waals surface area contributed by atoms with Crippen LogP contribution in [0.1, 0.15) is 12.7 Å². The standard InChI is InChI=1S/C15H19FN4O3S/c1-2-24(21,22)20-8-6-19(7-9-20)11-14-17-15(23-18-14)12-4-3-5-13(16)10-12/h3-5,10H,2,6-9,11H2,1H3. The van der Waals surface area contributed by atoms with Crippen LogP contribution in [0.15, 0.2) is 28.8 Å². The molecule has 24 heavy (non-hydrogen) atoms. The molecule has 1 saturated heterocycles. The Morgan fingerprint density at radius 1 is 1.25 bits per heavy atom. The lowest BCUT2D eigenvalue weighted by Gasteiger charge is -2.32. The molecule has 0 saturated carbocycles. The normalized spacial score (nSPS) is 17.2. The summed E-state index contributed by atoms with van der Waals surface area (Å²) in [5.74, 6) is 0.535. The number of benzene rings is 1. The van der Waals surface area contributed by atoms with Crippen LogP contribution in [0.3, 0.4) is 0 Å². The third-order valence-electron chi connectivity index (χ3n) is 3.99. The third-order valence-corrected chi connectivity index (χ3v) is 5.88. The van der Waals surface area contributed by atoms with Gasteiger partial charge in [-0.2, -0.15) is 9.29 Å². The average molecular weight is 354 g/mol. The minimum absolute atomic E-state index is 0.120. The van der Waals surface area contributed by atoms with E-state index in [9.17, 15) is 12.8 Å². The van der Waals surface area contributed by atoms with Gasteiger partial charge in [0.05, 0.1) is 12.3 Å². The molecule has 0 N–H and O–H groups in total. The van der Waals surface area contributed by atoms with Gasteiger partial charge >= 0.3 is 0 Å². The summed E-state index contributed by atoms with van der Waals surface area (Å²) in [6.45, 7) is 4.27. The Kier molecular flexibility index (Phi) is 4.93. The van der Waals surface area contributed by atoms with E-state index >= 15 is 0 Å². The first-order valence-corrected chi connectivity index (χ1v) is 9.37. The molecule has 0 amide bonds. The second kappa shape index (κ2) is 6.96. The maximum Gasteiger partial charge on any atom is 0.258 e. The van der Waals surface area contributed by atoms with Crippen molar-refractivity contribution in [1.29, 1.82) is 0 Å². The van der Waals surface area contributed by atoms with Gasteiger partial charge in [0.2, 0.25) is 10.0 Å². The van der Waals surface area contributed by atoms with E-state index in [-0.39, 0.29) is 17.5 Å². The second-order valence-electron chi connectivity index (χ2n) is 5.60. The molecule has 1 fully saturated rings. The predicted molar refractivity (Wildman–Crippen MR) is 86.0 cm³/mol. The van der Waals surface area contributed by atoms with Crippen LogP contribution in [0, 0.1) is 5.82 Å². The monoisotopic (exact) mass is 354 g/mol. The van der Waals surface area contributed by atoms with Crippen molar-refractivity contribution in [3.05, 3.63) is 35.9 Å². The molecule has 9 heteroatoms. The van der Waals surface area contributed by atoms with Crippen molar-refractivity contribution in [2.75, 3.05) is 31.9 Å².